The molecule has 0 saturated heterocycles. The number of hydrogen-bond acceptors (Lipinski definition) is 2. The molecule has 0 fully saturated rings. The molecule has 0 aliphatic rings. The number of aromatic amines is 1. The Morgan fingerprint density at radius 3 is 2.68 bits per heavy atom. The largest absolute Gasteiger partial charge is 0.350 e. The van der Waals surface area contributed by atoms with Gasteiger partial charge in [-0.05, 0) is 42.1 Å². The first-order chi connectivity index (χ1) is 10.5. The van der Waals surface area contributed by atoms with Gasteiger partial charge in [-0.1, -0.05) is 6.07 Å². The molecule has 3 rings (SSSR count). The fraction of sp³-hybridized carbons (Fsp3) is 0.0625. The molecule has 0 amide bonds. The van der Waals surface area contributed by atoms with E-state index >= 15 is 0 Å². The van der Waals surface area contributed by atoms with Crippen LogP contribution >= 0.6 is 9.24 Å². The molecule has 1 atom stereocenters. The zero-order valence-electron chi connectivity index (χ0n) is 11.7. The summed E-state index contributed by atoms with van der Waals surface area (Å²) in [7, 11) is 2.28. The number of hydrogen-bond donors (Lipinski definition) is 2. The molecule has 0 bridgehead atoms. The predicted molar refractivity (Wildman–Crippen MR) is 88.3 cm³/mol. The van der Waals surface area contributed by atoms with Crippen molar-refractivity contribution >= 4 is 36.7 Å². The highest BCUT2D eigenvalue weighted by Gasteiger charge is 2.15. The van der Waals surface area contributed by atoms with Crippen molar-refractivity contribution < 1.29 is 8.78 Å². The maximum atomic E-state index is 14.4. The van der Waals surface area contributed by atoms with E-state index in [2.05, 4.69) is 19.5 Å². The van der Waals surface area contributed by atoms with Crippen LogP contribution in [-0.2, 0) is 0 Å². The van der Waals surface area contributed by atoms with Gasteiger partial charge in [-0.2, -0.15) is 0 Å². The quantitative estimate of drug-likeness (QED) is 0.712. The van der Waals surface area contributed by atoms with Gasteiger partial charge in [0, 0.05) is 11.5 Å². The summed E-state index contributed by atoms with van der Waals surface area (Å²) in [6, 6.07) is 7.79. The number of nitrogens with one attached hydrogen (secondary N) is 2. The number of benzene rings is 2. The number of aromatic nitrogens is 1. The summed E-state index contributed by atoms with van der Waals surface area (Å²) in [4.78, 5) is 14.5. The third kappa shape index (κ3) is 2.48. The molecule has 6 heteroatoms. The summed E-state index contributed by atoms with van der Waals surface area (Å²) in [6.45, 7) is 1.76. The SMILES string of the molecule is Cc1ccc(Nc2c(F)c(P)cc3cc[nH]c(=O)c23)c(F)c1. The van der Waals surface area contributed by atoms with E-state index in [0.717, 1.165) is 5.56 Å². The van der Waals surface area contributed by atoms with Crippen molar-refractivity contribution in [2.24, 2.45) is 0 Å². The van der Waals surface area contributed by atoms with Gasteiger partial charge in [0.15, 0.2) is 5.82 Å². The highest BCUT2D eigenvalue weighted by Crippen LogP contribution is 2.28. The fourth-order valence-electron chi connectivity index (χ4n) is 2.33. The zero-order valence-corrected chi connectivity index (χ0v) is 12.9. The average molecular weight is 318 g/mol. The Balaban J connectivity index is 2.25. The highest BCUT2D eigenvalue weighted by atomic mass is 31.0. The minimum atomic E-state index is -0.603. The molecular formula is C16H13F2N2OP. The number of anilines is 2. The van der Waals surface area contributed by atoms with Gasteiger partial charge in [0.25, 0.3) is 5.56 Å². The van der Waals surface area contributed by atoms with Crippen LogP contribution in [0.1, 0.15) is 5.56 Å². The van der Waals surface area contributed by atoms with Crippen LogP contribution in [0.15, 0.2) is 41.3 Å². The molecule has 1 heterocycles. The third-order valence-corrected chi connectivity index (χ3v) is 3.83. The number of H-pyrrole nitrogens is 1. The lowest BCUT2D eigenvalue weighted by Crippen LogP contribution is -2.13. The molecule has 3 nitrogen and oxygen atoms in total. The van der Waals surface area contributed by atoms with Crippen molar-refractivity contribution in [2.45, 2.75) is 6.92 Å². The molecule has 3 aromatic rings. The van der Waals surface area contributed by atoms with Gasteiger partial charge >= 0.3 is 0 Å². The molecule has 1 aromatic heterocycles. The Labute approximate surface area is 127 Å². The Bertz CT molecular complexity index is 937. The van der Waals surface area contributed by atoms with Crippen molar-refractivity contribution in [3.05, 3.63) is 64.1 Å². The van der Waals surface area contributed by atoms with E-state index in [-0.39, 0.29) is 16.8 Å². The summed E-state index contributed by atoms with van der Waals surface area (Å²) in [5, 5.41) is 3.74. The van der Waals surface area contributed by atoms with Gasteiger partial charge in [-0.3, -0.25) is 4.79 Å². The maximum Gasteiger partial charge on any atom is 0.258 e. The Kier molecular flexibility index (Phi) is 3.67. The lowest BCUT2D eigenvalue weighted by molar-refractivity contribution is 0.628. The van der Waals surface area contributed by atoms with Gasteiger partial charge in [0.05, 0.1) is 16.8 Å². The second kappa shape index (κ2) is 5.50. The van der Waals surface area contributed by atoms with Crippen LogP contribution in [-0.4, -0.2) is 4.98 Å². The third-order valence-electron chi connectivity index (χ3n) is 3.41. The van der Waals surface area contributed by atoms with E-state index in [1.807, 2.05) is 0 Å². The summed E-state index contributed by atoms with van der Waals surface area (Å²) < 4.78 is 28.4. The first-order valence-corrected chi connectivity index (χ1v) is 7.17. The minimum absolute atomic E-state index is 0.0351. The Hall–Kier alpha value is -2.26. The van der Waals surface area contributed by atoms with Crippen molar-refractivity contribution in [3.8, 4) is 0 Å². The number of rotatable bonds is 2. The Morgan fingerprint density at radius 1 is 1.18 bits per heavy atom. The maximum absolute atomic E-state index is 14.4. The zero-order chi connectivity index (χ0) is 15.9. The number of pyridine rings is 1. The second-order valence-electron chi connectivity index (χ2n) is 5.03. The van der Waals surface area contributed by atoms with Crippen LogP contribution in [0.5, 0.6) is 0 Å². The van der Waals surface area contributed by atoms with Gasteiger partial charge in [-0.25, -0.2) is 8.78 Å². The highest BCUT2D eigenvalue weighted by molar-refractivity contribution is 7.27. The molecule has 2 N–H and O–H groups in total. The minimum Gasteiger partial charge on any atom is -0.350 e. The molecule has 0 aliphatic heterocycles. The predicted octanol–water partition coefficient (Wildman–Crippen LogP) is 3.36. The first-order valence-electron chi connectivity index (χ1n) is 6.60. The summed E-state index contributed by atoms with van der Waals surface area (Å²) in [5.41, 5.74) is 0.402. The van der Waals surface area contributed by atoms with Crippen LogP contribution in [0, 0.1) is 18.6 Å². The molecule has 22 heavy (non-hydrogen) atoms. The lowest BCUT2D eigenvalue weighted by Gasteiger charge is -2.13. The Morgan fingerprint density at radius 2 is 1.95 bits per heavy atom. The van der Waals surface area contributed by atoms with Crippen LogP contribution in [0.2, 0.25) is 0 Å². The molecule has 0 spiro atoms. The van der Waals surface area contributed by atoms with E-state index in [1.165, 1.54) is 18.3 Å². The van der Waals surface area contributed by atoms with E-state index in [0.29, 0.717) is 10.7 Å². The molecule has 0 saturated carbocycles. The molecule has 2 aromatic carbocycles. The van der Waals surface area contributed by atoms with Crippen molar-refractivity contribution in [2.75, 3.05) is 5.32 Å². The van der Waals surface area contributed by atoms with Crippen molar-refractivity contribution in [1.29, 1.82) is 0 Å². The summed E-state index contributed by atoms with van der Waals surface area (Å²) in [6.07, 6.45) is 1.49. The van der Waals surface area contributed by atoms with Crippen LogP contribution in [0.25, 0.3) is 10.8 Å². The summed E-state index contributed by atoms with van der Waals surface area (Å²) in [5.74, 6) is -1.11. The van der Waals surface area contributed by atoms with E-state index in [4.69, 9.17) is 0 Å². The van der Waals surface area contributed by atoms with Crippen molar-refractivity contribution in [3.63, 3.8) is 0 Å². The molecule has 0 aliphatic carbocycles. The van der Waals surface area contributed by atoms with Gasteiger partial charge in [0.2, 0.25) is 0 Å². The molecule has 112 valence electrons. The van der Waals surface area contributed by atoms with Crippen LogP contribution in [0.3, 0.4) is 0 Å². The van der Waals surface area contributed by atoms with Crippen molar-refractivity contribution in [1.82, 2.24) is 4.98 Å². The molecule has 0 radical (unpaired) electrons. The number of fused-ring (bicyclic) bond motifs is 1. The first kappa shape index (κ1) is 14.7. The van der Waals surface area contributed by atoms with E-state index in [1.54, 1.807) is 25.1 Å². The van der Waals surface area contributed by atoms with E-state index in [9.17, 15) is 13.6 Å². The number of halogens is 2. The smallest absolute Gasteiger partial charge is 0.258 e. The second-order valence-corrected chi connectivity index (χ2v) is 5.66. The number of aryl methyl sites for hydroxylation is 1. The van der Waals surface area contributed by atoms with Gasteiger partial charge in [-0.15, -0.1) is 9.24 Å². The van der Waals surface area contributed by atoms with Crippen LogP contribution < -0.4 is 16.2 Å². The van der Waals surface area contributed by atoms with E-state index < -0.39 is 17.2 Å². The summed E-state index contributed by atoms with van der Waals surface area (Å²) >= 11 is 0. The monoisotopic (exact) mass is 318 g/mol. The van der Waals surface area contributed by atoms with Crippen LogP contribution in [0.4, 0.5) is 20.2 Å². The molecular weight excluding hydrogens is 305 g/mol. The topological polar surface area (TPSA) is 44.9 Å². The molecule has 1 unspecified atom stereocenters. The van der Waals surface area contributed by atoms with Gasteiger partial charge in [0.1, 0.15) is 5.82 Å². The van der Waals surface area contributed by atoms with Gasteiger partial charge < -0.3 is 10.3 Å². The fourth-order valence-corrected chi connectivity index (χ4v) is 2.65. The normalized spacial score (nSPS) is 10.9. The lowest BCUT2D eigenvalue weighted by atomic mass is 10.1. The standard InChI is InChI=1S/C16H13F2N2OP/c1-8-2-3-11(10(17)6-8)20-15-13-9(4-5-19-16(13)21)7-12(22)14(15)18/h2-7,20H,22H2,1H3,(H,19,21). The average Bonchev–Trinajstić information content (AvgIpc) is 2.46.